The molecular formula is C37H66N2O5. The van der Waals surface area contributed by atoms with Gasteiger partial charge in [0.1, 0.15) is 12.1 Å². The molecule has 0 spiro atoms. The van der Waals surface area contributed by atoms with Crippen molar-refractivity contribution in [3.8, 4) is 0 Å². The number of nitrogens with one attached hydrogen (secondary N) is 1. The summed E-state index contributed by atoms with van der Waals surface area (Å²) >= 11 is 0. The average Bonchev–Trinajstić information content (AvgIpc) is 3.00. The van der Waals surface area contributed by atoms with Crippen LogP contribution in [0.4, 0.5) is 0 Å². The van der Waals surface area contributed by atoms with Gasteiger partial charge in [0.2, 0.25) is 5.91 Å². The van der Waals surface area contributed by atoms with Crippen LogP contribution in [0.3, 0.4) is 0 Å². The van der Waals surface area contributed by atoms with Crippen LogP contribution in [-0.4, -0.2) is 41.6 Å². The molecule has 0 aromatic rings. The zero-order valence-electron chi connectivity index (χ0n) is 28.2. The molecule has 254 valence electrons. The molecule has 2 unspecified atom stereocenters. The maximum absolute atomic E-state index is 12.5. The first-order valence-corrected chi connectivity index (χ1v) is 17.8. The van der Waals surface area contributed by atoms with E-state index < -0.39 is 12.0 Å². The van der Waals surface area contributed by atoms with E-state index >= 15 is 0 Å². The number of nitrogens with two attached hydrogens (primary N) is 1. The van der Waals surface area contributed by atoms with Crippen LogP contribution >= 0.6 is 0 Å². The minimum Gasteiger partial charge on any atom is -0.480 e. The predicted octanol–water partition coefficient (Wildman–Crippen LogP) is 9.11. The molecule has 0 aromatic carbocycles. The van der Waals surface area contributed by atoms with E-state index in [1.807, 2.05) is 0 Å². The van der Waals surface area contributed by atoms with Gasteiger partial charge in [-0.3, -0.25) is 9.59 Å². The van der Waals surface area contributed by atoms with Gasteiger partial charge in [0, 0.05) is 12.8 Å². The molecule has 0 saturated carbocycles. The molecule has 0 aliphatic heterocycles. The van der Waals surface area contributed by atoms with Crippen molar-refractivity contribution in [1.29, 1.82) is 0 Å². The summed E-state index contributed by atoms with van der Waals surface area (Å²) in [5, 5.41) is 11.9. The van der Waals surface area contributed by atoms with E-state index in [0.717, 1.165) is 83.5 Å². The Bertz CT molecular complexity index is 793. The zero-order chi connectivity index (χ0) is 32.5. The van der Waals surface area contributed by atoms with Gasteiger partial charge < -0.3 is 20.9 Å². The number of allylic oxidation sites excluding steroid dienone is 6. The van der Waals surface area contributed by atoms with Crippen molar-refractivity contribution in [3.63, 3.8) is 0 Å². The first kappa shape index (κ1) is 41.6. The summed E-state index contributed by atoms with van der Waals surface area (Å²) in [6.07, 6.45) is 35.0. The molecule has 1 amide bonds. The van der Waals surface area contributed by atoms with Gasteiger partial charge in [0.15, 0.2) is 0 Å². The molecule has 0 heterocycles. The first-order valence-electron chi connectivity index (χ1n) is 17.8. The summed E-state index contributed by atoms with van der Waals surface area (Å²) in [5.74, 6) is -1.34. The number of carbonyl (C=O) groups excluding carboxylic acids is 2. The molecule has 2 atom stereocenters. The summed E-state index contributed by atoms with van der Waals surface area (Å²) in [6, 6.07) is -0.873. The lowest BCUT2D eigenvalue weighted by Gasteiger charge is -2.18. The van der Waals surface area contributed by atoms with E-state index in [0.29, 0.717) is 38.6 Å². The van der Waals surface area contributed by atoms with Crippen LogP contribution in [0, 0.1) is 0 Å². The molecule has 0 rings (SSSR count). The number of hydrogen-bond donors (Lipinski definition) is 3. The molecule has 0 aliphatic carbocycles. The number of rotatable bonds is 31. The minimum atomic E-state index is -1.02. The third-order valence-corrected chi connectivity index (χ3v) is 7.72. The smallest absolute Gasteiger partial charge is 0.326 e. The molecule has 4 N–H and O–H groups in total. The summed E-state index contributed by atoms with van der Waals surface area (Å²) < 4.78 is 5.86. The highest BCUT2D eigenvalue weighted by molar-refractivity contribution is 5.83. The summed E-state index contributed by atoms with van der Waals surface area (Å²) in [5.41, 5.74) is 5.45. The van der Waals surface area contributed by atoms with Crippen LogP contribution in [0.25, 0.3) is 0 Å². The summed E-state index contributed by atoms with van der Waals surface area (Å²) in [7, 11) is 0. The number of carbonyl (C=O) groups is 3. The van der Waals surface area contributed by atoms with Crippen LogP contribution in [0.5, 0.6) is 0 Å². The Morgan fingerprint density at radius 1 is 0.682 bits per heavy atom. The van der Waals surface area contributed by atoms with Crippen LogP contribution in [0.1, 0.15) is 162 Å². The number of carboxylic acid groups (broad SMARTS) is 1. The third-order valence-electron chi connectivity index (χ3n) is 7.72. The third kappa shape index (κ3) is 28.4. The second kappa shape index (κ2) is 32.0. The molecule has 7 nitrogen and oxygen atoms in total. The summed E-state index contributed by atoms with van der Waals surface area (Å²) in [4.78, 5) is 36.0. The Kier molecular flexibility index (Phi) is 30.2. The van der Waals surface area contributed by atoms with Crippen molar-refractivity contribution >= 4 is 17.8 Å². The Morgan fingerprint density at radius 3 is 1.89 bits per heavy atom. The lowest BCUT2D eigenvalue weighted by molar-refractivity contribution is -0.150. The number of amides is 1. The van der Waals surface area contributed by atoms with E-state index in [-0.39, 0.29) is 18.0 Å². The van der Waals surface area contributed by atoms with Gasteiger partial charge in [-0.15, -0.1) is 0 Å². The van der Waals surface area contributed by atoms with Gasteiger partial charge in [-0.1, -0.05) is 102 Å². The maximum Gasteiger partial charge on any atom is 0.326 e. The van der Waals surface area contributed by atoms with Gasteiger partial charge in [-0.05, 0) is 90.0 Å². The average molecular weight is 619 g/mol. The number of ether oxygens (including phenoxy) is 1. The molecule has 0 bridgehead atoms. The van der Waals surface area contributed by atoms with E-state index in [1.165, 1.54) is 32.1 Å². The molecule has 44 heavy (non-hydrogen) atoms. The minimum absolute atomic E-state index is 0.0523. The monoisotopic (exact) mass is 618 g/mol. The Hall–Kier alpha value is -2.41. The van der Waals surface area contributed by atoms with E-state index in [4.69, 9.17) is 10.5 Å². The van der Waals surface area contributed by atoms with E-state index in [9.17, 15) is 19.5 Å². The number of carboxylic acids is 1. The molecule has 0 saturated heterocycles. The standard InChI is InChI=1S/C37H66N2O5/c1-3-5-7-8-9-10-11-12-13-14-15-16-17-18-19-20-25-31-36(41)44-33(27-22-6-4-2)28-23-21-24-30-35(40)39-34(37(42)43)29-26-32-38/h5,7,9-10,12-13,33-34H,3-4,6,8,11,14-32,38H2,1-2H3,(H,39,40)(H,42,43)/b7-5-,10-9-,13-12-. The summed E-state index contributed by atoms with van der Waals surface area (Å²) in [6.45, 7) is 4.73. The number of esters is 1. The van der Waals surface area contributed by atoms with Crippen molar-refractivity contribution in [3.05, 3.63) is 36.5 Å². The molecule has 0 aromatic heterocycles. The zero-order valence-corrected chi connectivity index (χ0v) is 28.2. The molecule has 0 radical (unpaired) electrons. The molecule has 0 aliphatic rings. The Labute approximate surface area is 269 Å². The van der Waals surface area contributed by atoms with Crippen LogP contribution in [0.2, 0.25) is 0 Å². The van der Waals surface area contributed by atoms with Crippen LogP contribution in [-0.2, 0) is 19.1 Å². The second-order valence-electron chi connectivity index (χ2n) is 11.9. The fourth-order valence-electron chi connectivity index (χ4n) is 5.05. The van der Waals surface area contributed by atoms with Crippen molar-refractivity contribution in [2.45, 2.75) is 174 Å². The van der Waals surface area contributed by atoms with Crippen molar-refractivity contribution < 1.29 is 24.2 Å². The quantitative estimate of drug-likeness (QED) is 0.0405. The van der Waals surface area contributed by atoms with E-state index in [1.54, 1.807) is 0 Å². The Balaban J connectivity index is 4.00. The van der Waals surface area contributed by atoms with Crippen molar-refractivity contribution in [1.82, 2.24) is 5.32 Å². The maximum atomic E-state index is 12.5. The van der Waals surface area contributed by atoms with Gasteiger partial charge >= 0.3 is 11.9 Å². The number of hydrogen-bond acceptors (Lipinski definition) is 5. The molecule has 7 heteroatoms. The first-order chi connectivity index (χ1) is 21.4. The predicted molar refractivity (Wildman–Crippen MR) is 183 cm³/mol. The van der Waals surface area contributed by atoms with Crippen LogP contribution in [0.15, 0.2) is 36.5 Å². The fourth-order valence-corrected chi connectivity index (χ4v) is 5.05. The van der Waals surface area contributed by atoms with Crippen molar-refractivity contribution in [2.24, 2.45) is 5.73 Å². The van der Waals surface area contributed by atoms with E-state index in [2.05, 4.69) is 55.6 Å². The molecule has 0 fully saturated rings. The highest BCUT2D eigenvalue weighted by Crippen LogP contribution is 2.17. The SMILES string of the molecule is CC/C=C\C/C=C\C/C=C\CCCCCCCCCC(=O)OC(CCCCC)CCCCCC(=O)NC(CCCN)C(=O)O. The number of unbranched alkanes of at least 4 members (excludes halogenated alkanes) is 11. The topological polar surface area (TPSA) is 119 Å². The molecular weight excluding hydrogens is 552 g/mol. The van der Waals surface area contributed by atoms with Crippen molar-refractivity contribution in [2.75, 3.05) is 6.54 Å². The number of aliphatic carboxylic acids is 1. The fraction of sp³-hybridized carbons (Fsp3) is 0.757. The normalized spacial score (nSPS) is 13.2. The largest absolute Gasteiger partial charge is 0.480 e. The lowest BCUT2D eigenvalue weighted by atomic mass is 10.0. The lowest BCUT2D eigenvalue weighted by Crippen LogP contribution is -2.40. The van der Waals surface area contributed by atoms with Gasteiger partial charge in [0.05, 0.1) is 0 Å². The Morgan fingerprint density at radius 2 is 1.25 bits per heavy atom. The van der Waals surface area contributed by atoms with Gasteiger partial charge in [0.25, 0.3) is 0 Å². The highest BCUT2D eigenvalue weighted by Gasteiger charge is 2.19. The van der Waals surface area contributed by atoms with Crippen LogP contribution < -0.4 is 11.1 Å². The van der Waals surface area contributed by atoms with Gasteiger partial charge in [-0.25, -0.2) is 4.79 Å². The highest BCUT2D eigenvalue weighted by atomic mass is 16.5. The second-order valence-corrected chi connectivity index (χ2v) is 11.9. The van der Waals surface area contributed by atoms with Gasteiger partial charge in [-0.2, -0.15) is 0 Å².